The molecule has 0 saturated carbocycles. The number of rotatable bonds is 0. The molecule has 0 N–H and O–H groups in total. The average Bonchev–Trinajstić information content (AvgIpc) is 2.86. The summed E-state index contributed by atoms with van der Waals surface area (Å²) in [4.78, 5) is 12.8. The Morgan fingerprint density at radius 1 is 1.05 bits per heavy atom. The van der Waals surface area contributed by atoms with Gasteiger partial charge in [0.05, 0.1) is 0 Å². The molecule has 4 aliphatic carbocycles. The van der Waals surface area contributed by atoms with Gasteiger partial charge in [-0.3, -0.25) is 4.79 Å². The molecule has 0 radical (unpaired) electrons. The van der Waals surface area contributed by atoms with Crippen molar-refractivity contribution < 1.29 is 9.53 Å². The van der Waals surface area contributed by atoms with Crippen LogP contribution < -0.4 is 0 Å². The minimum absolute atomic E-state index is 0.0305. The SMILES string of the molecule is CC1(C)CC(=O)C2=C(C1)O[C@@H]1[C@H]2[C@@H]2C=C[C@H]1c1ccccc12. The van der Waals surface area contributed by atoms with E-state index in [9.17, 15) is 4.79 Å². The molecule has 1 heterocycles. The zero-order valence-electron chi connectivity index (χ0n) is 13.0. The third-order valence-electron chi connectivity index (χ3n) is 5.83. The van der Waals surface area contributed by atoms with E-state index in [1.165, 1.54) is 11.1 Å². The van der Waals surface area contributed by atoms with E-state index in [4.69, 9.17) is 4.74 Å². The molecule has 4 atom stereocenters. The van der Waals surface area contributed by atoms with E-state index in [0.717, 1.165) is 17.8 Å². The highest BCUT2D eigenvalue weighted by molar-refractivity contribution is 5.98. The number of hydrogen-bond acceptors (Lipinski definition) is 2. The Labute approximate surface area is 130 Å². The number of hydrogen-bond donors (Lipinski definition) is 0. The second-order valence-electron chi connectivity index (χ2n) is 7.95. The normalized spacial score (nSPS) is 36.7. The first-order valence-corrected chi connectivity index (χ1v) is 8.25. The van der Waals surface area contributed by atoms with Crippen LogP contribution in [0.3, 0.4) is 0 Å². The Bertz CT molecular complexity index is 753. The molecule has 0 fully saturated rings. The maximum Gasteiger partial charge on any atom is 0.163 e. The van der Waals surface area contributed by atoms with E-state index < -0.39 is 0 Å². The largest absolute Gasteiger partial charge is 0.493 e. The Kier molecular flexibility index (Phi) is 2.26. The first-order valence-electron chi connectivity index (χ1n) is 8.25. The zero-order chi connectivity index (χ0) is 15.1. The van der Waals surface area contributed by atoms with Gasteiger partial charge in [0.1, 0.15) is 11.9 Å². The van der Waals surface area contributed by atoms with E-state index >= 15 is 0 Å². The first kappa shape index (κ1) is 12.7. The standard InChI is InChI=1S/C20H20O2/c1-20(2)9-15(21)18-16(10-20)22-19-14-8-7-13(17(18)19)11-5-3-4-6-12(11)14/h3-8,13-14,17,19H,9-10H2,1-2H3/t13-,14+,17+,19+/m1/s1. The van der Waals surface area contributed by atoms with Gasteiger partial charge in [0.2, 0.25) is 0 Å². The molecule has 2 heteroatoms. The van der Waals surface area contributed by atoms with Crippen LogP contribution in [0.15, 0.2) is 47.7 Å². The summed E-state index contributed by atoms with van der Waals surface area (Å²) in [6.45, 7) is 4.34. The Hall–Kier alpha value is -1.83. The molecule has 0 saturated heterocycles. The topological polar surface area (TPSA) is 26.3 Å². The van der Waals surface area contributed by atoms with Crippen LogP contribution in [0, 0.1) is 11.3 Å². The molecular formula is C20H20O2. The number of ether oxygens (including phenoxy) is 1. The number of Topliss-reactive ketones (excluding diaryl/α,β-unsaturated/α-hetero) is 1. The van der Waals surface area contributed by atoms with Crippen molar-refractivity contribution in [3.05, 3.63) is 58.9 Å². The van der Waals surface area contributed by atoms with Crippen molar-refractivity contribution in [2.24, 2.45) is 11.3 Å². The smallest absolute Gasteiger partial charge is 0.163 e. The van der Waals surface area contributed by atoms with Crippen molar-refractivity contribution >= 4 is 5.78 Å². The third-order valence-corrected chi connectivity index (χ3v) is 5.83. The van der Waals surface area contributed by atoms with Crippen LogP contribution in [0.4, 0.5) is 0 Å². The summed E-state index contributed by atoms with van der Waals surface area (Å²) in [5.41, 5.74) is 3.83. The van der Waals surface area contributed by atoms with Gasteiger partial charge < -0.3 is 4.74 Å². The molecule has 0 spiro atoms. The highest BCUT2D eigenvalue weighted by Crippen LogP contribution is 2.58. The lowest BCUT2D eigenvalue weighted by molar-refractivity contribution is -0.118. The lowest BCUT2D eigenvalue weighted by Crippen LogP contribution is -2.39. The van der Waals surface area contributed by atoms with E-state index in [1.54, 1.807) is 0 Å². The Morgan fingerprint density at radius 2 is 1.73 bits per heavy atom. The quantitative estimate of drug-likeness (QED) is 0.673. The maximum absolute atomic E-state index is 12.8. The van der Waals surface area contributed by atoms with Gasteiger partial charge in [-0.25, -0.2) is 0 Å². The summed E-state index contributed by atoms with van der Waals surface area (Å²) in [7, 11) is 0. The van der Waals surface area contributed by atoms with Crippen LogP contribution in [0.5, 0.6) is 0 Å². The highest BCUT2D eigenvalue weighted by atomic mass is 16.5. The second-order valence-corrected chi connectivity index (χ2v) is 7.95. The molecule has 1 aromatic carbocycles. The number of allylic oxidation sites excluding steroid dienone is 2. The van der Waals surface area contributed by atoms with Crippen LogP contribution in [-0.4, -0.2) is 11.9 Å². The molecule has 0 amide bonds. The van der Waals surface area contributed by atoms with Gasteiger partial charge in [-0.1, -0.05) is 50.3 Å². The summed E-state index contributed by atoms with van der Waals surface area (Å²) in [5, 5.41) is 0. The van der Waals surface area contributed by atoms with Crippen molar-refractivity contribution in [2.75, 3.05) is 0 Å². The Morgan fingerprint density at radius 3 is 2.50 bits per heavy atom. The minimum atomic E-state index is 0.0305. The molecule has 1 aromatic rings. The first-order chi connectivity index (χ1) is 10.6. The van der Waals surface area contributed by atoms with Crippen molar-refractivity contribution in [3.8, 4) is 0 Å². The second kappa shape index (κ2) is 3.92. The van der Waals surface area contributed by atoms with Gasteiger partial charge in [-0.15, -0.1) is 0 Å². The molecule has 0 aromatic heterocycles. The predicted molar refractivity (Wildman–Crippen MR) is 84.5 cm³/mol. The third kappa shape index (κ3) is 1.48. The van der Waals surface area contributed by atoms with Crippen molar-refractivity contribution in [3.63, 3.8) is 0 Å². The van der Waals surface area contributed by atoms with Crippen molar-refractivity contribution in [1.29, 1.82) is 0 Å². The number of carbonyl (C=O) groups is 1. The summed E-state index contributed by atoms with van der Waals surface area (Å²) in [6, 6.07) is 8.67. The van der Waals surface area contributed by atoms with Crippen LogP contribution in [0.1, 0.15) is 49.7 Å². The molecule has 22 heavy (non-hydrogen) atoms. The lowest BCUT2D eigenvalue weighted by atomic mass is 9.61. The van der Waals surface area contributed by atoms with Crippen LogP contribution in [0.25, 0.3) is 0 Å². The minimum Gasteiger partial charge on any atom is -0.493 e. The maximum atomic E-state index is 12.8. The van der Waals surface area contributed by atoms with E-state index in [-0.39, 0.29) is 17.4 Å². The molecule has 6 rings (SSSR count). The molecule has 5 aliphatic rings. The number of ketones is 1. The molecule has 0 unspecified atom stereocenters. The van der Waals surface area contributed by atoms with E-state index in [1.807, 2.05) is 0 Å². The fourth-order valence-electron chi connectivity index (χ4n) is 5.00. The number of benzene rings is 1. The molecule has 112 valence electrons. The number of carbonyl (C=O) groups excluding carboxylic acids is 1. The van der Waals surface area contributed by atoms with Crippen LogP contribution >= 0.6 is 0 Å². The van der Waals surface area contributed by atoms with Crippen LogP contribution in [0.2, 0.25) is 0 Å². The zero-order valence-corrected chi connectivity index (χ0v) is 13.0. The van der Waals surface area contributed by atoms with Gasteiger partial charge >= 0.3 is 0 Å². The summed E-state index contributed by atoms with van der Waals surface area (Å²) in [6.07, 6.45) is 6.29. The van der Waals surface area contributed by atoms with Gasteiger partial charge in [-0.2, -0.15) is 0 Å². The summed E-state index contributed by atoms with van der Waals surface area (Å²) < 4.78 is 6.37. The van der Waals surface area contributed by atoms with Crippen molar-refractivity contribution in [2.45, 2.75) is 44.6 Å². The van der Waals surface area contributed by atoms with Crippen molar-refractivity contribution in [1.82, 2.24) is 0 Å². The summed E-state index contributed by atoms with van der Waals surface area (Å²) >= 11 is 0. The van der Waals surface area contributed by atoms with E-state index in [0.29, 0.717) is 24.0 Å². The summed E-state index contributed by atoms with van der Waals surface area (Å²) in [5.74, 6) is 2.15. The van der Waals surface area contributed by atoms with Gasteiger partial charge in [0.15, 0.2) is 5.78 Å². The van der Waals surface area contributed by atoms with Gasteiger partial charge in [-0.05, 0) is 16.5 Å². The fraction of sp³-hybridized carbons (Fsp3) is 0.450. The van der Waals surface area contributed by atoms with Crippen LogP contribution in [-0.2, 0) is 9.53 Å². The monoisotopic (exact) mass is 292 g/mol. The molecular weight excluding hydrogens is 272 g/mol. The Balaban J connectivity index is 1.65. The molecule has 2 nitrogen and oxygen atoms in total. The van der Waals surface area contributed by atoms with Gasteiger partial charge in [0, 0.05) is 36.2 Å². The molecule has 2 bridgehead atoms. The van der Waals surface area contributed by atoms with E-state index in [2.05, 4.69) is 50.3 Å². The lowest BCUT2D eigenvalue weighted by Gasteiger charge is -2.42. The predicted octanol–water partition coefficient (Wildman–Crippen LogP) is 4.10. The highest BCUT2D eigenvalue weighted by Gasteiger charge is 2.54. The van der Waals surface area contributed by atoms with Gasteiger partial charge in [0.25, 0.3) is 0 Å². The molecule has 1 aliphatic heterocycles. The fourth-order valence-corrected chi connectivity index (χ4v) is 5.00. The average molecular weight is 292 g/mol.